The van der Waals surface area contributed by atoms with Crippen LogP contribution in [0.2, 0.25) is 0 Å². The minimum atomic E-state index is -0.893. The smallest absolute Gasteiger partial charge is 0.307 e. The number of carboxylic acid groups (broad SMARTS) is 1. The van der Waals surface area contributed by atoms with E-state index in [1.807, 2.05) is 54.6 Å². The lowest BCUT2D eigenvalue weighted by Gasteiger charge is -2.08. The molecule has 0 radical (unpaired) electrons. The minimum Gasteiger partial charge on any atom is -0.489 e. The van der Waals surface area contributed by atoms with E-state index in [-0.39, 0.29) is 11.8 Å². The van der Waals surface area contributed by atoms with Crippen molar-refractivity contribution in [3.63, 3.8) is 0 Å². The van der Waals surface area contributed by atoms with E-state index < -0.39 is 11.9 Å². The number of hydrogen-bond acceptors (Lipinski definition) is 3. The van der Waals surface area contributed by atoms with Gasteiger partial charge in [-0.1, -0.05) is 42.5 Å². The second kappa shape index (κ2) is 7.17. The fraction of sp³-hybridized carbons (Fsp3) is 0.263. The Kier molecular flexibility index (Phi) is 4.79. The number of carbonyl (C=O) groups excluding carboxylic acids is 1. The Morgan fingerprint density at radius 3 is 2.33 bits per heavy atom. The summed E-state index contributed by atoms with van der Waals surface area (Å²) in [7, 11) is 0. The van der Waals surface area contributed by atoms with Crippen LogP contribution in [0.4, 0.5) is 0 Å². The molecular weight excluding hydrogens is 306 g/mol. The standard InChI is InChI=1S/C19H19NO4/c21-18(16-10-17(16)19(22)23)20-11-13-6-8-15(9-7-13)24-12-14-4-2-1-3-5-14/h1-9,16-17H,10-12H2,(H,20,21)(H,22,23). The molecule has 1 fully saturated rings. The number of hydrogen-bond donors (Lipinski definition) is 2. The summed E-state index contributed by atoms with van der Waals surface area (Å²) < 4.78 is 5.71. The molecule has 0 saturated heterocycles. The van der Waals surface area contributed by atoms with Crippen LogP contribution >= 0.6 is 0 Å². The summed E-state index contributed by atoms with van der Waals surface area (Å²) in [6.07, 6.45) is 0.438. The van der Waals surface area contributed by atoms with Crippen molar-refractivity contribution in [1.29, 1.82) is 0 Å². The van der Waals surface area contributed by atoms with Crippen LogP contribution in [0.1, 0.15) is 17.5 Å². The fourth-order valence-corrected chi connectivity index (χ4v) is 2.52. The summed E-state index contributed by atoms with van der Waals surface area (Å²) in [5, 5.41) is 11.6. The van der Waals surface area contributed by atoms with Gasteiger partial charge in [-0.2, -0.15) is 0 Å². The third kappa shape index (κ3) is 4.13. The molecule has 3 rings (SSSR count). The molecule has 1 saturated carbocycles. The van der Waals surface area contributed by atoms with Crippen LogP contribution in [-0.4, -0.2) is 17.0 Å². The average Bonchev–Trinajstić information content (AvgIpc) is 3.41. The molecule has 0 spiro atoms. The number of benzene rings is 2. The van der Waals surface area contributed by atoms with Gasteiger partial charge in [-0.3, -0.25) is 9.59 Å². The predicted octanol–water partition coefficient (Wildman–Crippen LogP) is 2.60. The van der Waals surface area contributed by atoms with E-state index in [1.54, 1.807) is 0 Å². The van der Waals surface area contributed by atoms with Crippen molar-refractivity contribution in [2.24, 2.45) is 11.8 Å². The summed E-state index contributed by atoms with van der Waals surface area (Å²) in [4.78, 5) is 22.6. The van der Waals surface area contributed by atoms with Gasteiger partial charge in [0.25, 0.3) is 0 Å². The van der Waals surface area contributed by atoms with E-state index >= 15 is 0 Å². The molecule has 2 unspecified atom stereocenters. The average molecular weight is 325 g/mol. The number of carboxylic acids is 1. The Bertz CT molecular complexity index is 712. The van der Waals surface area contributed by atoms with Gasteiger partial charge >= 0.3 is 5.97 Å². The number of nitrogens with one attached hydrogen (secondary N) is 1. The quantitative estimate of drug-likeness (QED) is 0.820. The lowest BCUT2D eigenvalue weighted by Crippen LogP contribution is -2.25. The molecule has 1 aliphatic rings. The topological polar surface area (TPSA) is 75.6 Å². The number of rotatable bonds is 7. The van der Waals surface area contributed by atoms with Crippen LogP contribution in [0.5, 0.6) is 5.75 Å². The van der Waals surface area contributed by atoms with Gasteiger partial charge in [0.1, 0.15) is 12.4 Å². The maximum atomic E-state index is 11.8. The fourth-order valence-electron chi connectivity index (χ4n) is 2.52. The summed E-state index contributed by atoms with van der Waals surface area (Å²) >= 11 is 0. The molecule has 2 atom stereocenters. The zero-order valence-corrected chi connectivity index (χ0v) is 13.1. The molecule has 2 N–H and O–H groups in total. The van der Waals surface area contributed by atoms with Crippen LogP contribution in [-0.2, 0) is 22.7 Å². The molecule has 2 aromatic rings. The van der Waals surface area contributed by atoms with Crippen LogP contribution in [0.15, 0.2) is 54.6 Å². The molecule has 1 amide bonds. The number of ether oxygens (including phenoxy) is 1. The van der Waals surface area contributed by atoms with E-state index in [0.717, 1.165) is 16.9 Å². The van der Waals surface area contributed by atoms with Gasteiger partial charge in [0.15, 0.2) is 0 Å². The van der Waals surface area contributed by atoms with Crippen molar-refractivity contribution in [3.8, 4) is 5.75 Å². The Labute approximate surface area is 140 Å². The largest absolute Gasteiger partial charge is 0.489 e. The highest BCUT2D eigenvalue weighted by Crippen LogP contribution is 2.38. The molecule has 0 bridgehead atoms. The highest BCUT2D eigenvalue weighted by molar-refractivity contribution is 5.89. The molecule has 0 heterocycles. The third-order valence-electron chi connectivity index (χ3n) is 4.08. The maximum absolute atomic E-state index is 11.8. The van der Waals surface area contributed by atoms with E-state index in [4.69, 9.17) is 9.84 Å². The van der Waals surface area contributed by atoms with E-state index in [9.17, 15) is 9.59 Å². The molecule has 2 aromatic carbocycles. The molecule has 0 aliphatic heterocycles. The summed E-state index contributed by atoms with van der Waals surface area (Å²) in [5.74, 6) is -1.21. The van der Waals surface area contributed by atoms with Gasteiger partial charge in [-0.15, -0.1) is 0 Å². The van der Waals surface area contributed by atoms with Crippen molar-refractivity contribution in [3.05, 3.63) is 65.7 Å². The zero-order chi connectivity index (χ0) is 16.9. The molecule has 5 nitrogen and oxygen atoms in total. The molecule has 5 heteroatoms. The molecule has 24 heavy (non-hydrogen) atoms. The van der Waals surface area contributed by atoms with Crippen LogP contribution in [0.25, 0.3) is 0 Å². The van der Waals surface area contributed by atoms with Crippen molar-refractivity contribution in [1.82, 2.24) is 5.32 Å². The van der Waals surface area contributed by atoms with E-state index in [1.165, 1.54) is 0 Å². The second-order valence-electron chi connectivity index (χ2n) is 5.92. The van der Waals surface area contributed by atoms with Gasteiger partial charge in [0.05, 0.1) is 11.8 Å². The lowest BCUT2D eigenvalue weighted by molar-refractivity contribution is -0.140. The van der Waals surface area contributed by atoms with Crippen molar-refractivity contribution >= 4 is 11.9 Å². The molecular formula is C19H19NO4. The van der Waals surface area contributed by atoms with Crippen molar-refractivity contribution in [2.75, 3.05) is 0 Å². The first kappa shape index (κ1) is 16.1. The lowest BCUT2D eigenvalue weighted by atomic mass is 10.2. The van der Waals surface area contributed by atoms with Crippen molar-refractivity contribution in [2.45, 2.75) is 19.6 Å². The summed E-state index contributed by atoms with van der Waals surface area (Å²) in [6.45, 7) is 0.899. The number of carbonyl (C=O) groups is 2. The van der Waals surface area contributed by atoms with Crippen LogP contribution in [0, 0.1) is 11.8 Å². The van der Waals surface area contributed by atoms with Gasteiger partial charge in [0, 0.05) is 6.54 Å². The minimum absolute atomic E-state index is 0.188. The Morgan fingerprint density at radius 2 is 1.71 bits per heavy atom. The van der Waals surface area contributed by atoms with Gasteiger partial charge < -0.3 is 15.2 Å². The first-order valence-corrected chi connectivity index (χ1v) is 7.89. The summed E-state index contributed by atoms with van der Waals surface area (Å²) in [5.41, 5.74) is 2.05. The number of amides is 1. The van der Waals surface area contributed by atoms with Gasteiger partial charge in [-0.25, -0.2) is 0 Å². The maximum Gasteiger partial charge on any atom is 0.307 e. The monoisotopic (exact) mass is 325 g/mol. The third-order valence-corrected chi connectivity index (χ3v) is 4.08. The molecule has 124 valence electrons. The second-order valence-corrected chi connectivity index (χ2v) is 5.92. The molecule has 0 aromatic heterocycles. The van der Waals surface area contributed by atoms with Crippen molar-refractivity contribution < 1.29 is 19.4 Å². The Balaban J connectivity index is 1.45. The number of aliphatic carboxylic acids is 1. The highest BCUT2D eigenvalue weighted by Gasteiger charge is 2.48. The highest BCUT2D eigenvalue weighted by atomic mass is 16.5. The van der Waals surface area contributed by atoms with Gasteiger partial charge in [0.2, 0.25) is 5.91 Å². The normalized spacial score (nSPS) is 18.7. The van der Waals surface area contributed by atoms with E-state index in [0.29, 0.717) is 19.6 Å². The zero-order valence-electron chi connectivity index (χ0n) is 13.1. The molecule has 1 aliphatic carbocycles. The van der Waals surface area contributed by atoms with Crippen LogP contribution < -0.4 is 10.1 Å². The Morgan fingerprint density at radius 1 is 1.00 bits per heavy atom. The first-order chi connectivity index (χ1) is 11.6. The Hall–Kier alpha value is -2.82. The van der Waals surface area contributed by atoms with E-state index in [2.05, 4.69) is 5.32 Å². The summed E-state index contributed by atoms with van der Waals surface area (Å²) in [6, 6.07) is 17.4. The van der Waals surface area contributed by atoms with Gasteiger partial charge in [-0.05, 0) is 29.7 Å². The SMILES string of the molecule is O=C(O)C1CC1C(=O)NCc1ccc(OCc2ccccc2)cc1. The predicted molar refractivity (Wildman–Crippen MR) is 88.3 cm³/mol. The first-order valence-electron chi connectivity index (χ1n) is 7.89. The van der Waals surface area contributed by atoms with Crippen LogP contribution in [0.3, 0.4) is 0 Å².